The van der Waals surface area contributed by atoms with E-state index in [1.807, 2.05) is 30.3 Å². The van der Waals surface area contributed by atoms with Gasteiger partial charge in [0, 0.05) is 0 Å². The molecule has 6 heteroatoms. The summed E-state index contributed by atoms with van der Waals surface area (Å²) in [7, 11) is 0. The molecule has 0 bridgehead atoms. The maximum Gasteiger partial charge on any atom is 0.277 e. The van der Waals surface area contributed by atoms with Gasteiger partial charge in [-0.05, 0) is 46.9 Å². The van der Waals surface area contributed by atoms with Crippen LogP contribution in [0.15, 0.2) is 47.6 Å². The first-order valence-electron chi connectivity index (χ1n) is 8.37. The Hall–Kier alpha value is -3.02. The maximum absolute atomic E-state index is 11.8. The van der Waals surface area contributed by atoms with Gasteiger partial charge in [0.25, 0.3) is 5.91 Å². The van der Waals surface area contributed by atoms with E-state index in [2.05, 4.69) is 31.3 Å². The Bertz CT molecular complexity index is 808. The number of hydrazone groups is 1. The van der Waals surface area contributed by atoms with Crippen molar-refractivity contribution in [3.63, 3.8) is 0 Å². The monoisotopic (exact) mass is 354 g/mol. The van der Waals surface area contributed by atoms with Gasteiger partial charge in [-0.25, -0.2) is 5.43 Å². The number of nitrogens with one attached hydrogen (secondary N) is 1. The molecule has 0 atom stereocenters. The Kier molecular flexibility index (Phi) is 5.11. The van der Waals surface area contributed by atoms with Crippen molar-refractivity contribution in [1.29, 1.82) is 0 Å². The second kappa shape index (κ2) is 7.47. The van der Waals surface area contributed by atoms with E-state index >= 15 is 0 Å². The van der Waals surface area contributed by atoms with Crippen molar-refractivity contribution in [3.8, 4) is 17.2 Å². The van der Waals surface area contributed by atoms with Crippen LogP contribution in [-0.4, -0.2) is 25.5 Å². The molecular weight excluding hydrogens is 332 g/mol. The van der Waals surface area contributed by atoms with Crippen molar-refractivity contribution < 1.29 is 19.0 Å². The molecule has 0 saturated heterocycles. The summed E-state index contributed by atoms with van der Waals surface area (Å²) in [5, 5.41) is 3.92. The van der Waals surface area contributed by atoms with Crippen LogP contribution in [0.1, 0.15) is 31.9 Å². The van der Waals surface area contributed by atoms with Crippen LogP contribution >= 0.6 is 0 Å². The van der Waals surface area contributed by atoms with Crippen LogP contribution in [0.3, 0.4) is 0 Å². The molecule has 0 spiro atoms. The summed E-state index contributed by atoms with van der Waals surface area (Å²) in [6, 6.07) is 13.2. The molecule has 0 aliphatic carbocycles. The third kappa shape index (κ3) is 4.53. The van der Waals surface area contributed by atoms with E-state index in [-0.39, 0.29) is 24.7 Å². The third-order valence-electron chi connectivity index (χ3n) is 3.89. The predicted octanol–water partition coefficient (Wildman–Crippen LogP) is 3.24. The standard InChI is InChI=1S/C20H22N2O4/c1-20(2,3)15-5-7-16(8-6-15)24-12-19(23)22-21-11-14-4-9-17-18(10-14)26-13-25-17/h4-11H,12-13H2,1-3H3,(H,22,23)/b21-11+. The fourth-order valence-corrected chi connectivity index (χ4v) is 2.40. The molecule has 0 radical (unpaired) electrons. The second-order valence-corrected chi connectivity index (χ2v) is 6.97. The fraction of sp³-hybridized carbons (Fsp3) is 0.300. The van der Waals surface area contributed by atoms with Crippen molar-refractivity contribution in [1.82, 2.24) is 5.43 Å². The highest BCUT2D eigenvalue weighted by Crippen LogP contribution is 2.32. The molecule has 1 amide bonds. The predicted molar refractivity (Wildman–Crippen MR) is 98.9 cm³/mol. The van der Waals surface area contributed by atoms with Crippen LogP contribution in [0.25, 0.3) is 0 Å². The van der Waals surface area contributed by atoms with E-state index in [0.29, 0.717) is 17.2 Å². The minimum absolute atomic E-state index is 0.0827. The summed E-state index contributed by atoms with van der Waals surface area (Å²) in [6.45, 7) is 6.56. The average molecular weight is 354 g/mol. The summed E-state index contributed by atoms with van der Waals surface area (Å²) in [4.78, 5) is 11.8. The molecule has 1 aliphatic rings. The summed E-state index contributed by atoms with van der Waals surface area (Å²) in [6.07, 6.45) is 1.54. The van der Waals surface area contributed by atoms with Crippen LogP contribution in [0.2, 0.25) is 0 Å². The normalized spacial score (nSPS) is 13.0. The van der Waals surface area contributed by atoms with Gasteiger partial charge in [0.2, 0.25) is 6.79 Å². The molecule has 26 heavy (non-hydrogen) atoms. The average Bonchev–Trinajstić information content (AvgIpc) is 3.07. The smallest absolute Gasteiger partial charge is 0.277 e. The summed E-state index contributed by atoms with van der Waals surface area (Å²) in [5.74, 6) is 1.69. The van der Waals surface area contributed by atoms with Crippen LogP contribution < -0.4 is 19.6 Å². The van der Waals surface area contributed by atoms with Gasteiger partial charge >= 0.3 is 0 Å². The van der Waals surface area contributed by atoms with Crippen molar-refractivity contribution in [3.05, 3.63) is 53.6 Å². The number of carbonyl (C=O) groups is 1. The van der Waals surface area contributed by atoms with Gasteiger partial charge in [-0.15, -0.1) is 0 Å². The van der Waals surface area contributed by atoms with Crippen LogP contribution in [0.5, 0.6) is 17.2 Å². The Balaban J connectivity index is 1.47. The molecule has 136 valence electrons. The molecule has 0 saturated carbocycles. The zero-order valence-corrected chi connectivity index (χ0v) is 15.1. The van der Waals surface area contributed by atoms with Gasteiger partial charge in [-0.2, -0.15) is 5.10 Å². The number of carbonyl (C=O) groups excluding carboxylic acids is 1. The summed E-state index contributed by atoms with van der Waals surface area (Å²) < 4.78 is 16.0. The number of benzene rings is 2. The number of hydrogen-bond donors (Lipinski definition) is 1. The number of fused-ring (bicyclic) bond motifs is 1. The number of hydrogen-bond acceptors (Lipinski definition) is 5. The Morgan fingerprint density at radius 1 is 1.15 bits per heavy atom. The molecule has 3 rings (SSSR count). The number of amides is 1. The van der Waals surface area contributed by atoms with E-state index in [0.717, 1.165) is 5.56 Å². The zero-order chi connectivity index (χ0) is 18.6. The lowest BCUT2D eigenvalue weighted by Crippen LogP contribution is -2.24. The molecule has 1 aliphatic heterocycles. The molecule has 0 aromatic heterocycles. The lowest BCUT2D eigenvalue weighted by atomic mass is 9.87. The summed E-state index contributed by atoms with van der Waals surface area (Å²) in [5.41, 5.74) is 4.53. The topological polar surface area (TPSA) is 69.2 Å². The van der Waals surface area contributed by atoms with E-state index in [1.165, 1.54) is 11.8 Å². The molecule has 0 fully saturated rings. The highest BCUT2D eigenvalue weighted by Gasteiger charge is 2.13. The molecule has 2 aromatic carbocycles. The van der Waals surface area contributed by atoms with Crippen LogP contribution in [0.4, 0.5) is 0 Å². The largest absolute Gasteiger partial charge is 0.484 e. The number of rotatable bonds is 5. The first kappa shape index (κ1) is 17.8. The molecule has 0 unspecified atom stereocenters. The number of nitrogens with zero attached hydrogens (tertiary/aromatic N) is 1. The first-order chi connectivity index (χ1) is 12.4. The quantitative estimate of drug-likeness (QED) is 0.661. The van der Waals surface area contributed by atoms with Gasteiger partial charge in [-0.1, -0.05) is 32.9 Å². The van der Waals surface area contributed by atoms with Crippen molar-refractivity contribution in [2.45, 2.75) is 26.2 Å². The molecular formula is C20H22N2O4. The zero-order valence-electron chi connectivity index (χ0n) is 15.1. The lowest BCUT2D eigenvalue weighted by molar-refractivity contribution is -0.123. The second-order valence-electron chi connectivity index (χ2n) is 6.97. The van der Waals surface area contributed by atoms with Gasteiger partial charge in [-0.3, -0.25) is 4.79 Å². The minimum Gasteiger partial charge on any atom is -0.484 e. The molecule has 1 heterocycles. The Morgan fingerprint density at radius 3 is 2.62 bits per heavy atom. The van der Waals surface area contributed by atoms with E-state index in [1.54, 1.807) is 12.1 Å². The lowest BCUT2D eigenvalue weighted by Gasteiger charge is -2.19. The van der Waals surface area contributed by atoms with E-state index in [9.17, 15) is 4.79 Å². The van der Waals surface area contributed by atoms with Gasteiger partial charge < -0.3 is 14.2 Å². The van der Waals surface area contributed by atoms with Gasteiger partial charge in [0.05, 0.1) is 6.21 Å². The molecule has 6 nitrogen and oxygen atoms in total. The van der Waals surface area contributed by atoms with Crippen molar-refractivity contribution >= 4 is 12.1 Å². The third-order valence-corrected chi connectivity index (χ3v) is 3.89. The summed E-state index contributed by atoms with van der Waals surface area (Å²) >= 11 is 0. The van der Waals surface area contributed by atoms with Gasteiger partial charge in [0.15, 0.2) is 18.1 Å². The number of ether oxygens (including phenoxy) is 3. The van der Waals surface area contributed by atoms with Gasteiger partial charge in [0.1, 0.15) is 5.75 Å². The molecule has 2 aromatic rings. The van der Waals surface area contributed by atoms with Crippen LogP contribution in [0, 0.1) is 0 Å². The highest BCUT2D eigenvalue weighted by molar-refractivity contribution is 5.83. The Labute approximate surface area is 152 Å². The van der Waals surface area contributed by atoms with Crippen LogP contribution in [-0.2, 0) is 10.2 Å². The van der Waals surface area contributed by atoms with Crippen molar-refractivity contribution in [2.75, 3.05) is 13.4 Å². The maximum atomic E-state index is 11.8. The van der Waals surface area contributed by atoms with E-state index in [4.69, 9.17) is 14.2 Å². The SMILES string of the molecule is CC(C)(C)c1ccc(OCC(=O)N/N=C/c2ccc3c(c2)OCO3)cc1. The Morgan fingerprint density at radius 2 is 1.88 bits per heavy atom. The van der Waals surface area contributed by atoms with E-state index < -0.39 is 0 Å². The first-order valence-corrected chi connectivity index (χ1v) is 8.37. The van der Waals surface area contributed by atoms with Crippen molar-refractivity contribution in [2.24, 2.45) is 5.10 Å². The highest BCUT2D eigenvalue weighted by atomic mass is 16.7. The fourth-order valence-electron chi connectivity index (χ4n) is 2.40. The minimum atomic E-state index is -0.332. The molecule has 1 N–H and O–H groups in total.